The zero-order chi connectivity index (χ0) is 13.9. The second-order valence-corrected chi connectivity index (χ2v) is 6.04. The smallest absolute Gasteiger partial charge is 0.130 e. The van der Waals surface area contributed by atoms with E-state index in [0.29, 0.717) is 12.0 Å². The summed E-state index contributed by atoms with van der Waals surface area (Å²) in [6, 6.07) is 10.1. The highest BCUT2D eigenvalue weighted by Gasteiger charge is 2.21. The lowest BCUT2D eigenvalue weighted by atomic mass is 9.88. The second kappa shape index (κ2) is 6.01. The number of halogens is 1. The van der Waals surface area contributed by atoms with Crippen molar-refractivity contribution in [1.29, 1.82) is 0 Å². The molecular weight excluding hydrogens is 270 g/mol. The molecule has 1 aliphatic carbocycles. The summed E-state index contributed by atoms with van der Waals surface area (Å²) in [5, 5.41) is 1.08. The topological polar surface area (TPSA) is 22.1 Å². The first-order valence-electron chi connectivity index (χ1n) is 7.37. The quantitative estimate of drug-likeness (QED) is 0.747. The predicted molar refractivity (Wildman–Crippen MR) is 83.3 cm³/mol. The van der Waals surface area contributed by atoms with Gasteiger partial charge in [0.15, 0.2) is 0 Å². The van der Waals surface area contributed by atoms with E-state index in [9.17, 15) is 0 Å². The maximum absolute atomic E-state index is 6.28. The van der Waals surface area contributed by atoms with Crippen LogP contribution in [-0.2, 0) is 5.88 Å². The van der Waals surface area contributed by atoms with Crippen molar-refractivity contribution < 1.29 is 4.74 Å². The van der Waals surface area contributed by atoms with Gasteiger partial charge in [-0.3, -0.25) is 4.98 Å². The lowest BCUT2D eigenvalue weighted by Crippen LogP contribution is -2.24. The van der Waals surface area contributed by atoms with Crippen molar-refractivity contribution >= 4 is 22.5 Å². The van der Waals surface area contributed by atoms with Gasteiger partial charge in [-0.15, -0.1) is 11.6 Å². The van der Waals surface area contributed by atoms with Crippen molar-refractivity contribution in [2.24, 2.45) is 5.92 Å². The number of hydrogen-bond donors (Lipinski definition) is 0. The van der Waals surface area contributed by atoms with Gasteiger partial charge in [0.2, 0.25) is 0 Å². The third-order valence-electron chi connectivity index (χ3n) is 4.05. The molecule has 2 atom stereocenters. The lowest BCUT2D eigenvalue weighted by Gasteiger charge is -2.28. The number of fused-ring (bicyclic) bond motifs is 1. The van der Waals surface area contributed by atoms with Crippen LogP contribution >= 0.6 is 11.6 Å². The second-order valence-electron chi connectivity index (χ2n) is 5.77. The van der Waals surface area contributed by atoms with Crippen LogP contribution in [0.1, 0.15) is 38.3 Å². The molecule has 1 saturated carbocycles. The van der Waals surface area contributed by atoms with Crippen molar-refractivity contribution in [1.82, 2.24) is 4.98 Å². The number of pyridine rings is 1. The number of hydrogen-bond acceptors (Lipinski definition) is 2. The van der Waals surface area contributed by atoms with Gasteiger partial charge in [-0.2, -0.15) is 0 Å². The largest absolute Gasteiger partial charge is 0.490 e. The summed E-state index contributed by atoms with van der Waals surface area (Å²) in [6.07, 6.45) is 5.21. The first-order valence-corrected chi connectivity index (χ1v) is 7.91. The average Bonchev–Trinajstić information content (AvgIpc) is 2.47. The van der Waals surface area contributed by atoms with Crippen LogP contribution in [0.3, 0.4) is 0 Å². The molecule has 0 N–H and O–H groups in total. The number of aromatic nitrogens is 1. The maximum atomic E-state index is 6.28. The van der Waals surface area contributed by atoms with E-state index in [4.69, 9.17) is 16.3 Å². The SMILES string of the molecule is CC1CCCC(Oc2cc(CCl)nc3ccccc23)C1. The molecule has 2 unspecified atom stereocenters. The maximum Gasteiger partial charge on any atom is 0.130 e. The molecule has 1 aromatic carbocycles. The van der Waals surface area contributed by atoms with E-state index < -0.39 is 0 Å². The molecule has 1 aromatic heterocycles. The summed E-state index contributed by atoms with van der Waals surface area (Å²) in [6.45, 7) is 2.31. The van der Waals surface area contributed by atoms with Crippen LogP contribution in [0.25, 0.3) is 10.9 Å². The van der Waals surface area contributed by atoms with E-state index in [1.165, 1.54) is 12.8 Å². The molecule has 0 spiro atoms. The Hall–Kier alpha value is -1.28. The molecule has 1 heterocycles. The molecular formula is C17H20ClNO. The lowest BCUT2D eigenvalue weighted by molar-refractivity contribution is 0.131. The summed E-state index contributed by atoms with van der Waals surface area (Å²) in [5.74, 6) is 2.11. The summed E-state index contributed by atoms with van der Waals surface area (Å²) < 4.78 is 6.28. The molecule has 1 aliphatic rings. The number of alkyl halides is 1. The number of para-hydroxylation sites is 1. The number of nitrogens with zero attached hydrogens (tertiary/aromatic N) is 1. The van der Waals surface area contributed by atoms with E-state index >= 15 is 0 Å². The van der Waals surface area contributed by atoms with Crippen LogP contribution in [0.4, 0.5) is 0 Å². The van der Waals surface area contributed by atoms with Crippen LogP contribution in [0, 0.1) is 5.92 Å². The summed E-state index contributed by atoms with van der Waals surface area (Å²) in [5.41, 5.74) is 1.84. The molecule has 0 aliphatic heterocycles. The van der Waals surface area contributed by atoms with Gasteiger partial charge in [0, 0.05) is 11.5 Å². The molecule has 3 rings (SSSR count). The highest BCUT2D eigenvalue weighted by Crippen LogP contribution is 2.31. The van der Waals surface area contributed by atoms with Gasteiger partial charge in [0.1, 0.15) is 5.75 Å². The zero-order valence-electron chi connectivity index (χ0n) is 11.8. The standard InChI is InChI=1S/C17H20ClNO/c1-12-5-4-6-14(9-12)20-17-10-13(11-18)19-16-8-3-2-7-15(16)17/h2-3,7-8,10,12,14H,4-6,9,11H2,1H3. The summed E-state index contributed by atoms with van der Waals surface area (Å²) in [7, 11) is 0. The van der Waals surface area contributed by atoms with Crippen molar-refractivity contribution in [2.75, 3.05) is 0 Å². The van der Waals surface area contributed by atoms with Crippen molar-refractivity contribution in [3.63, 3.8) is 0 Å². The average molecular weight is 290 g/mol. The molecule has 2 nitrogen and oxygen atoms in total. The number of rotatable bonds is 3. The Morgan fingerprint density at radius 1 is 1.30 bits per heavy atom. The minimum absolute atomic E-state index is 0.327. The molecule has 20 heavy (non-hydrogen) atoms. The van der Waals surface area contributed by atoms with Crippen LogP contribution in [0.15, 0.2) is 30.3 Å². The van der Waals surface area contributed by atoms with Crippen molar-refractivity contribution in [3.05, 3.63) is 36.0 Å². The molecule has 0 radical (unpaired) electrons. The molecule has 0 amide bonds. The van der Waals surface area contributed by atoms with E-state index in [2.05, 4.69) is 18.0 Å². The first-order chi connectivity index (χ1) is 9.76. The van der Waals surface area contributed by atoms with Gasteiger partial charge in [0.05, 0.1) is 23.2 Å². The van der Waals surface area contributed by atoms with Gasteiger partial charge in [-0.1, -0.05) is 25.5 Å². The highest BCUT2D eigenvalue weighted by atomic mass is 35.5. The Kier molecular flexibility index (Phi) is 4.11. The zero-order valence-corrected chi connectivity index (χ0v) is 12.6. The Bertz CT molecular complexity index is 599. The summed E-state index contributed by atoms with van der Waals surface area (Å²) >= 11 is 5.95. The fourth-order valence-corrected chi connectivity index (χ4v) is 3.16. The molecule has 3 heteroatoms. The van der Waals surface area contributed by atoms with Crippen LogP contribution in [0.5, 0.6) is 5.75 Å². The third-order valence-corrected chi connectivity index (χ3v) is 4.32. The number of ether oxygens (including phenoxy) is 1. The molecule has 0 saturated heterocycles. The van der Waals surface area contributed by atoms with Gasteiger partial charge in [-0.25, -0.2) is 0 Å². The fraction of sp³-hybridized carbons (Fsp3) is 0.471. The molecule has 106 valence electrons. The van der Waals surface area contributed by atoms with Crippen molar-refractivity contribution in [2.45, 2.75) is 44.6 Å². The van der Waals surface area contributed by atoms with Crippen LogP contribution < -0.4 is 4.74 Å². The number of benzene rings is 1. The Morgan fingerprint density at radius 2 is 2.15 bits per heavy atom. The van der Waals surface area contributed by atoms with Gasteiger partial charge < -0.3 is 4.74 Å². The van der Waals surface area contributed by atoms with E-state index in [1.807, 2.05) is 24.3 Å². The van der Waals surface area contributed by atoms with Gasteiger partial charge in [-0.05, 0) is 37.3 Å². The Morgan fingerprint density at radius 3 is 2.95 bits per heavy atom. The highest BCUT2D eigenvalue weighted by molar-refractivity contribution is 6.17. The normalized spacial score (nSPS) is 22.9. The minimum Gasteiger partial charge on any atom is -0.490 e. The first kappa shape index (κ1) is 13.7. The minimum atomic E-state index is 0.327. The van der Waals surface area contributed by atoms with E-state index in [1.54, 1.807) is 0 Å². The Labute approximate surface area is 125 Å². The van der Waals surface area contributed by atoms with Crippen molar-refractivity contribution in [3.8, 4) is 5.75 Å². The molecule has 1 fully saturated rings. The van der Waals surface area contributed by atoms with Gasteiger partial charge >= 0.3 is 0 Å². The molecule has 0 bridgehead atoms. The van der Waals surface area contributed by atoms with Gasteiger partial charge in [0.25, 0.3) is 0 Å². The monoisotopic (exact) mass is 289 g/mol. The fourth-order valence-electron chi connectivity index (χ4n) is 3.03. The van der Waals surface area contributed by atoms with Crippen LogP contribution in [0.2, 0.25) is 0 Å². The predicted octanol–water partition coefficient (Wildman–Crippen LogP) is 4.93. The van der Waals surface area contributed by atoms with Crippen LogP contribution in [-0.4, -0.2) is 11.1 Å². The Balaban J connectivity index is 1.93. The third kappa shape index (κ3) is 2.90. The van der Waals surface area contributed by atoms with E-state index in [0.717, 1.165) is 41.1 Å². The molecule has 2 aromatic rings. The summed E-state index contributed by atoms with van der Waals surface area (Å²) in [4.78, 5) is 4.55. The van der Waals surface area contributed by atoms with E-state index in [-0.39, 0.29) is 0 Å².